The monoisotopic (exact) mass is 318 g/mol. The van der Waals surface area contributed by atoms with Crippen molar-refractivity contribution in [2.24, 2.45) is 11.3 Å². The van der Waals surface area contributed by atoms with Gasteiger partial charge in [-0.1, -0.05) is 11.6 Å². The third kappa shape index (κ3) is 2.89. The summed E-state index contributed by atoms with van der Waals surface area (Å²) in [4.78, 5) is 21.8. The van der Waals surface area contributed by atoms with Crippen LogP contribution in [-0.4, -0.2) is 52.0 Å². The van der Waals surface area contributed by atoms with Gasteiger partial charge < -0.3 is 9.42 Å². The minimum atomic E-state index is -0.156. The van der Waals surface area contributed by atoms with E-state index in [0.29, 0.717) is 24.2 Å². The van der Waals surface area contributed by atoms with Crippen molar-refractivity contribution in [1.29, 1.82) is 0 Å². The van der Waals surface area contributed by atoms with Crippen molar-refractivity contribution < 1.29 is 9.32 Å². The SMILES string of the molecule is Cc1noc(CN2CC[C@]3(CCCN(CC4CCC4)C3=O)C2)n1. The Hall–Kier alpha value is -1.43. The number of amides is 1. The number of hydrogen-bond donors (Lipinski definition) is 0. The van der Waals surface area contributed by atoms with Gasteiger partial charge in [-0.15, -0.1) is 0 Å². The van der Waals surface area contributed by atoms with Crippen molar-refractivity contribution in [3.63, 3.8) is 0 Å². The maximum absolute atomic E-state index is 13.1. The minimum Gasteiger partial charge on any atom is -0.342 e. The number of hydrogen-bond acceptors (Lipinski definition) is 5. The van der Waals surface area contributed by atoms with E-state index in [0.717, 1.165) is 51.4 Å². The molecule has 2 aliphatic heterocycles. The molecular formula is C17H26N4O2. The fourth-order valence-electron chi connectivity index (χ4n) is 4.38. The molecule has 0 unspecified atom stereocenters. The van der Waals surface area contributed by atoms with Gasteiger partial charge in [-0.25, -0.2) is 0 Å². The van der Waals surface area contributed by atoms with Gasteiger partial charge in [0, 0.05) is 19.6 Å². The first-order chi connectivity index (χ1) is 11.1. The number of rotatable bonds is 4. The first kappa shape index (κ1) is 15.1. The summed E-state index contributed by atoms with van der Waals surface area (Å²) in [5.74, 6) is 2.50. The van der Waals surface area contributed by atoms with E-state index >= 15 is 0 Å². The van der Waals surface area contributed by atoms with Crippen LogP contribution in [0.2, 0.25) is 0 Å². The lowest BCUT2D eigenvalue weighted by atomic mass is 9.77. The number of nitrogens with zero attached hydrogens (tertiary/aromatic N) is 4. The van der Waals surface area contributed by atoms with E-state index in [1.807, 2.05) is 6.92 Å². The average Bonchev–Trinajstić information content (AvgIpc) is 3.07. The molecule has 0 bridgehead atoms. The van der Waals surface area contributed by atoms with Crippen LogP contribution in [0.3, 0.4) is 0 Å². The molecule has 2 saturated heterocycles. The maximum Gasteiger partial charge on any atom is 0.240 e. The number of carbonyl (C=O) groups excluding carboxylic acids is 1. The second-order valence-electron chi connectivity index (χ2n) is 7.63. The minimum absolute atomic E-state index is 0.156. The van der Waals surface area contributed by atoms with E-state index < -0.39 is 0 Å². The van der Waals surface area contributed by atoms with Crippen LogP contribution in [0.25, 0.3) is 0 Å². The Morgan fingerprint density at radius 3 is 2.83 bits per heavy atom. The molecule has 1 aromatic rings. The van der Waals surface area contributed by atoms with E-state index in [9.17, 15) is 4.79 Å². The molecule has 6 nitrogen and oxygen atoms in total. The number of carbonyl (C=O) groups is 1. The quantitative estimate of drug-likeness (QED) is 0.849. The van der Waals surface area contributed by atoms with E-state index in [4.69, 9.17) is 4.52 Å². The van der Waals surface area contributed by atoms with Crippen LogP contribution in [0.4, 0.5) is 0 Å². The van der Waals surface area contributed by atoms with Crippen molar-refractivity contribution in [3.05, 3.63) is 11.7 Å². The third-order valence-corrected chi connectivity index (χ3v) is 5.89. The number of aromatic nitrogens is 2. The van der Waals surface area contributed by atoms with Gasteiger partial charge in [0.15, 0.2) is 5.82 Å². The lowest BCUT2D eigenvalue weighted by molar-refractivity contribution is -0.146. The summed E-state index contributed by atoms with van der Waals surface area (Å²) in [5.41, 5.74) is -0.156. The third-order valence-electron chi connectivity index (χ3n) is 5.89. The van der Waals surface area contributed by atoms with Crippen LogP contribution in [-0.2, 0) is 11.3 Å². The number of likely N-dealkylation sites (tertiary alicyclic amines) is 2. The molecular weight excluding hydrogens is 292 g/mol. The van der Waals surface area contributed by atoms with E-state index in [2.05, 4.69) is 19.9 Å². The van der Waals surface area contributed by atoms with Gasteiger partial charge in [-0.05, 0) is 51.5 Å². The summed E-state index contributed by atoms with van der Waals surface area (Å²) in [6.07, 6.45) is 7.10. The zero-order chi connectivity index (χ0) is 15.9. The highest BCUT2D eigenvalue weighted by Gasteiger charge is 2.48. The molecule has 3 heterocycles. The molecule has 1 aliphatic carbocycles. The smallest absolute Gasteiger partial charge is 0.240 e. The van der Waals surface area contributed by atoms with E-state index in [-0.39, 0.29) is 5.41 Å². The standard InChI is InChI=1S/C17H26N4O2/c1-13-18-15(23-19-13)11-20-9-7-17(12-20)6-3-8-21(16(17)22)10-14-4-2-5-14/h14H,2-12H2,1H3/t17-/m1/s1. The van der Waals surface area contributed by atoms with Crippen LogP contribution >= 0.6 is 0 Å². The summed E-state index contributed by atoms with van der Waals surface area (Å²) in [6.45, 7) is 6.24. The van der Waals surface area contributed by atoms with Gasteiger partial charge in [0.2, 0.25) is 11.8 Å². The molecule has 0 aromatic carbocycles. The predicted molar refractivity (Wildman–Crippen MR) is 84.5 cm³/mol. The van der Waals surface area contributed by atoms with Gasteiger partial charge in [0.1, 0.15) is 0 Å². The second-order valence-corrected chi connectivity index (χ2v) is 7.63. The van der Waals surface area contributed by atoms with Crippen molar-refractivity contribution >= 4 is 5.91 Å². The fourth-order valence-corrected chi connectivity index (χ4v) is 4.38. The molecule has 4 rings (SSSR count). The lowest BCUT2D eigenvalue weighted by Crippen LogP contribution is -2.51. The molecule has 1 saturated carbocycles. The molecule has 1 aromatic heterocycles. The predicted octanol–water partition coefficient (Wildman–Crippen LogP) is 1.99. The Labute approximate surface area is 137 Å². The second kappa shape index (κ2) is 5.89. The molecule has 126 valence electrons. The molecule has 0 radical (unpaired) electrons. The zero-order valence-corrected chi connectivity index (χ0v) is 14.0. The summed E-state index contributed by atoms with van der Waals surface area (Å²) in [5, 5.41) is 3.85. The summed E-state index contributed by atoms with van der Waals surface area (Å²) in [6, 6.07) is 0. The Morgan fingerprint density at radius 1 is 1.26 bits per heavy atom. The maximum atomic E-state index is 13.1. The Morgan fingerprint density at radius 2 is 2.13 bits per heavy atom. The van der Waals surface area contributed by atoms with Gasteiger partial charge in [0.05, 0.1) is 12.0 Å². The van der Waals surface area contributed by atoms with E-state index in [1.165, 1.54) is 19.3 Å². The molecule has 1 amide bonds. The van der Waals surface area contributed by atoms with Gasteiger partial charge in [-0.3, -0.25) is 9.69 Å². The highest BCUT2D eigenvalue weighted by Crippen LogP contribution is 2.41. The van der Waals surface area contributed by atoms with Crippen molar-refractivity contribution in [1.82, 2.24) is 19.9 Å². The fraction of sp³-hybridized carbons (Fsp3) is 0.824. The molecule has 6 heteroatoms. The topological polar surface area (TPSA) is 62.5 Å². The molecule has 1 atom stereocenters. The molecule has 1 spiro atoms. The molecule has 3 aliphatic rings. The number of aryl methyl sites for hydroxylation is 1. The Balaban J connectivity index is 1.40. The number of piperidine rings is 1. The van der Waals surface area contributed by atoms with Gasteiger partial charge >= 0.3 is 0 Å². The van der Waals surface area contributed by atoms with Crippen molar-refractivity contribution in [3.8, 4) is 0 Å². The average molecular weight is 318 g/mol. The molecule has 3 fully saturated rings. The highest BCUT2D eigenvalue weighted by molar-refractivity contribution is 5.84. The van der Waals surface area contributed by atoms with Gasteiger partial charge in [0.25, 0.3) is 0 Å². The van der Waals surface area contributed by atoms with Crippen molar-refractivity contribution in [2.45, 2.75) is 52.0 Å². The van der Waals surface area contributed by atoms with Crippen LogP contribution in [0, 0.1) is 18.3 Å². The highest BCUT2D eigenvalue weighted by atomic mass is 16.5. The van der Waals surface area contributed by atoms with Crippen LogP contribution < -0.4 is 0 Å². The lowest BCUT2D eigenvalue weighted by Gasteiger charge is -2.42. The van der Waals surface area contributed by atoms with Gasteiger partial charge in [-0.2, -0.15) is 4.98 Å². The summed E-state index contributed by atoms with van der Waals surface area (Å²) >= 11 is 0. The summed E-state index contributed by atoms with van der Waals surface area (Å²) in [7, 11) is 0. The Bertz CT molecular complexity index is 583. The Kier molecular flexibility index (Phi) is 3.87. The van der Waals surface area contributed by atoms with Crippen LogP contribution in [0.15, 0.2) is 4.52 Å². The summed E-state index contributed by atoms with van der Waals surface area (Å²) < 4.78 is 5.23. The van der Waals surface area contributed by atoms with E-state index in [1.54, 1.807) is 0 Å². The largest absolute Gasteiger partial charge is 0.342 e. The first-order valence-corrected chi connectivity index (χ1v) is 8.96. The van der Waals surface area contributed by atoms with Crippen LogP contribution in [0.1, 0.15) is 50.2 Å². The normalized spacial score (nSPS) is 29.4. The molecule has 23 heavy (non-hydrogen) atoms. The molecule has 0 N–H and O–H groups in total. The zero-order valence-electron chi connectivity index (χ0n) is 14.0. The van der Waals surface area contributed by atoms with Crippen molar-refractivity contribution in [2.75, 3.05) is 26.2 Å². The van der Waals surface area contributed by atoms with Crippen LogP contribution in [0.5, 0.6) is 0 Å². The first-order valence-electron chi connectivity index (χ1n) is 8.96.